The topological polar surface area (TPSA) is 57.5 Å². The third-order valence-electron chi connectivity index (χ3n) is 1.29. The fourth-order valence-corrected chi connectivity index (χ4v) is 0.786. The predicted molar refractivity (Wildman–Crippen MR) is 43.2 cm³/mol. The van der Waals surface area contributed by atoms with Gasteiger partial charge in [-0.05, 0) is 12.1 Å². The minimum absolute atomic E-state index is 0.623. The Morgan fingerprint density at radius 1 is 1.73 bits per heavy atom. The molecule has 4 heteroatoms. The second-order valence-electron chi connectivity index (χ2n) is 1.93. The van der Waals surface area contributed by atoms with E-state index in [0.29, 0.717) is 5.69 Å². The number of nitrogens with one attached hydrogen (secondary N) is 1. The first-order valence-corrected chi connectivity index (χ1v) is 3.18. The van der Waals surface area contributed by atoms with Gasteiger partial charge in [-0.15, -0.1) is 0 Å². The van der Waals surface area contributed by atoms with Crippen LogP contribution in [0.5, 0.6) is 0 Å². The molecule has 0 bridgehead atoms. The number of aromatic nitrogens is 1. The normalized spacial score (nSPS) is 10.3. The third kappa shape index (κ3) is 1.67. The van der Waals surface area contributed by atoms with Gasteiger partial charge in [-0.3, -0.25) is 4.98 Å². The van der Waals surface area contributed by atoms with E-state index in [1.165, 1.54) is 6.21 Å². The highest BCUT2D eigenvalue weighted by atomic mass is 16.4. The highest BCUT2D eigenvalue weighted by Gasteiger charge is 1.95. The first-order chi connectivity index (χ1) is 5.38. The van der Waals surface area contributed by atoms with Crippen LogP contribution in [0.15, 0.2) is 23.5 Å². The van der Waals surface area contributed by atoms with Gasteiger partial charge in [0.1, 0.15) is 5.69 Å². The molecular formula is C7H9N3O. The molecule has 1 heterocycles. The number of hydrogen-bond donors (Lipinski definition) is 2. The van der Waals surface area contributed by atoms with E-state index in [4.69, 9.17) is 5.21 Å². The van der Waals surface area contributed by atoms with Gasteiger partial charge in [-0.25, -0.2) is 0 Å². The van der Waals surface area contributed by atoms with Crippen LogP contribution in [0.1, 0.15) is 5.69 Å². The smallest absolute Gasteiger partial charge is 0.108 e. The second kappa shape index (κ2) is 3.55. The van der Waals surface area contributed by atoms with Crippen LogP contribution in [0, 0.1) is 0 Å². The molecule has 0 saturated carbocycles. The van der Waals surface area contributed by atoms with Crippen LogP contribution in [-0.4, -0.2) is 23.5 Å². The summed E-state index contributed by atoms with van der Waals surface area (Å²) >= 11 is 0. The average Bonchev–Trinajstić information content (AvgIpc) is 2.06. The molecule has 0 fully saturated rings. The summed E-state index contributed by atoms with van der Waals surface area (Å²) in [6.07, 6.45) is 2.92. The summed E-state index contributed by atoms with van der Waals surface area (Å²) in [4.78, 5) is 3.97. The van der Waals surface area contributed by atoms with Crippen LogP contribution in [-0.2, 0) is 0 Å². The summed E-state index contributed by atoms with van der Waals surface area (Å²) in [5.41, 5.74) is 1.46. The van der Waals surface area contributed by atoms with Crippen molar-refractivity contribution in [2.45, 2.75) is 0 Å². The fraction of sp³-hybridized carbons (Fsp3) is 0.143. The predicted octanol–water partition coefficient (Wildman–Crippen LogP) is 0.931. The van der Waals surface area contributed by atoms with E-state index in [9.17, 15) is 0 Å². The summed E-state index contributed by atoms with van der Waals surface area (Å²) in [5.74, 6) is 0. The summed E-state index contributed by atoms with van der Waals surface area (Å²) in [6, 6.07) is 3.66. The van der Waals surface area contributed by atoms with Gasteiger partial charge in [0.15, 0.2) is 0 Å². The standard InChI is InChI=1S/C7H9N3O/c1-8-6-3-2-4-9-7(6)5-10-11/h2-5,8,11H,1H3/b10-5+. The van der Waals surface area contributed by atoms with E-state index in [1.807, 2.05) is 6.07 Å². The number of anilines is 1. The van der Waals surface area contributed by atoms with Crippen LogP contribution in [0.4, 0.5) is 5.69 Å². The molecule has 0 saturated heterocycles. The molecule has 1 aromatic rings. The first kappa shape index (κ1) is 7.53. The lowest BCUT2D eigenvalue weighted by Crippen LogP contribution is -1.96. The molecule has 0 amide bonds. The quantitative estimate of drug-likeness (QED) is 0.375. The lowest BCUT2D eigenvalue weighted by Gasteiger charge is -2.00. The maximum Gasteiger partial charge on any atom is 0.108 e. The zero-order chi connectivity index (χ0) is 8.10. The highest BCUT2D eigenvalue weighted by Crippen LogP contribution is 2.07. The van der Waals surface area contributed by atoms with Crippen LogP contribution >= 0.6 is 0 Å². The molecule has 11 heavy (non-hydrogen) atoms. The Balaban J connectivity index is 3.02. The molecule has 1 rings (SSSR count). The molecule has 1 aromatic heterocycles. The summed E-state index contributed by atoms with van der Waals surface area (Å²) in [7, 11) is 1.78. The molecule has 0 unspecified atom stereocenters. The Kier molecular flexibility index (Phi) is 2.43. The van der Waals surface area contributed by atoms with Crippen molar-refractivity contribution < 1.29 is 5.21 Å². The van der Waals surface area contributed by atoms with Gasteiger partial charge in [0, 0.05) is 13.2 Å². The van der Waals surface area contributed by atoms with Gasteiger partial charge in [0.25, 0.3) is 0 Å². The molecule has 2 N–H and O–H groups in total. The van der Waals surface area contributed by atoms with Crippen molar-refractivity contribution in [3.05, 3.63) is 24.0 Å². The lowest BCUT2D eigenvalue weighted by atomic mass is 10.3. The van der Waals surface area contributed by atoms with Crippen molar-refractivity contribution in [2.24, 2.45) is 5.16 Å². The number of oxime groups is 1. The third-order valence-corrected chi connectivity index (χ3v) is 1.29. The van der Waals surface area contributed by atoms with E-state index in [1.54, 1.807) is 19.3 Å². The van der Waals surface area contributed by atoms with Crippen molar-refractivity contribution in [2.75, 3.05) is 12.4 Å². The number of pyridine rings is 1. The fourth-order valence-electron chi connectivity index (χ4n) is 0.786. The average molecular weight is 151 g/mol. The van der Waals surface area contributed by atoms with Crippen molar-refractivity contribution >= 4 is 11.9 Å². The SMILES string of the molecule is CNc1cccnc1/C=N/O. The van der Waals surface area contributed by atoms with Gasteiger partial charge in [-0.2, -0.15) is 0 Å². The molecule has 0 spiro atoms. The highest BCUT2D eigenvalue weighted by molar-refractivity contribution is 5.84. The Morgan fingerprint density at radius 3 is 3.18 bits per heavy atom. The number of hydrogen-bond acceptors (Lipinski definition) is 4. The monoisotopic (exact) mass is 151 g/mol. The van der Waals surface area contributed by atoms with Crippen LogP contribution in [0.2, 0.25) is 0 Å². The molecule has 0 aliphatic rings. The van der Waals surface area contributed by atoms with Crippen molar-refractivity contribution in [1.29, 1.82) is 0 Å². The summed E-state index contributed by atoms with van der Waals surface area (Å²) in [5, 5.41) is 14.0. The van der Waals surface area contributed by atoms with E-state index in [2.05, 4.69) is 15.5 Å². The van der Waals surface area contributed by atoms with E-state index in [0.717, 1.165) is 5.69 Å². The largest absolute Gasteiger partial charge is 0.411 e. The van der Waals surface area contributed by atoms with Gasteiger partial charge in [0.05, 0.1) is 11.9 Å². The van der Waals surface area contributed by atoms with E-state index in [-0.39, 0.29) is 0 Å². The van der Waals surface area contributed by atoms with Crippen LogP contribution in [0.3, 0.4) is 0 Å². The summed E-state index contributed by atoms with van der Waals surface area (Å²) < 4.78 is 0. The molecule has 0 aliphatic carbocycles. The van der Waals surface area contributed by atoms with E-state index >= 15 is 0 Å². The Hall–Kier alpha value is -1.58. The van der Waals surface area contributed by atoms with Gasteiger partial charge in [0.2, 0.25) is 0 Å². The van der Waals surface area contributed by atoms with Gasteiger partial charge in [-0.1, -0.05) is 5.16 Å². The molecule has 0 radical (unpaired) electrons. The van der Waals surface area contributed by atoms with Crippen LogP contribution < -0.4 is 5.32 Å². The van der Waals surface area contributed by atoms with Gasteiger partial charge >= 0.3 is 0 Å². The number of nitrogens with zero attached hydrogens (tertiary/aromatic N) is 2. The van der Waals surface area contributed by atoms with Crippen molar-refractivity contribution in [1.82, 2.24) is 4.98 Å². The lowest BCUT2D eigenvalue weighted by molar-refractivity contribution is 0.321. The minimum Gasteiger partial charge on any atom is -0.411 e. The molecule has 4 nitrogen and oxygen atoms in total. The van der Waals surface area contributed by atoms with Crippen molar-refractivity contribution in [3.63, 3.8) is 0 Å². The maximum absolute atomic E-state index is 8.24. The maximum atomic E-state index is 8.24. The molecule has 0 aliphatic heterocycles. The summed E-state index contributed by atoms with van der Waals surface area (Å²) in [6.45, 7) is 0. The number of rotatable bonds is 2. The Morgan fingerprint density at radius 2 is 2.55 bits per heavy atom. The van der Waals surface area contributed by atoms with Crippen LogP contribution in [0.25, 0.3) is 0 Å². The Labute approximate surface area is 64.6 Å². The molecule has 58 valence electrons. The minimum atomic E-state index is 0.623. The van der Waals surface area contributed by atoms with Gasteiger partial charge < -0.3 is 10.5 Å². The molecule has 0 aromatic carbocycles. The zero-order valence-corrected chi connectivity index (χ0v) is 6.15. The van der Waals surface area contributed by atoms with E-state index < -0.39 is 0 Å². The Bertz CT molecular complexity index is 260. The second-order valence-corrected chi connectivity index (χ2v) is 1.93. The molecular weight excluding hydrogens is 142 g/mol. The molecule has 0 atom stereocenters. The first-order valence-electron chi connectivity index (χ1n) is 3.18. The zero-order valence-electron chi connectivity index (χ0n) is 6.15. The van der Waals surface area contributed by atoms with Crippen molar-refractivity contribution in [3.8, 4) is 0 Å².